The average Bonchev–Trinajstić information content (AvgIpc) is 3.16. The van der Waals surface area contributed by atoms with Crippen molar-refractivity contribution in [2.24, 2.45) is 0 Å². The van der Waals surface area contributed by atoms with Crippen LogP contribution < -0.4 is 9.46 Å². The Morgan fingerprint density at radius 1 is 1.03 bits per heavy atom. The molecular formula is C20H19N5O3S. The molecule has 8 nitrogen and oxygen atoms in total. The first-order valence-electron chi connectivity index (χ1n) is 8.88. The summed E-state index contributed by atoms with van der Waals surface area (Å²) in [5.41, 5.74) is 3.20. The predicted octanol–water partition coefficient (Wildman–Crippen LogP) is 2.61. The highest BCUT2D eigenvalue weighted by Gasteiger charge is 2.24. The minimum Gasteiger partial charge on any atom is -0.493 e. The summed E-state index contributed by atoms with van der Waals surface area (Å²) in [6.07, 6.45) is 1.61. The van der Waals surface area contributed by atoms with Crippen molar-refractivity contribution in [3.8, 4) is 11.4 Å². The number of fused-ring (bicyclic) bond motifs is 1. The van der Waals surface area contributed by atoms with E-state index in [9.17, 15) is 8.42 Å². The molecule has 2 heterocycles. The van der Waals surface area contributed by atoms with Crippen molar-refractivity contribution in [2.45, 2.75) is 18.4 Å². The number of aryl methyl sites for hydroxylation is 1. The lowest BCUT2D eigenvalue weighted by Crippen LogP contribution is -2.24. The maximum atomic E-state index is 13.0. The number of aromatic nitrogens is 4. The third kappa shape index (κ3) is 3.82. The van der Waals surface area contributed by atoms with Crippen molar-refractivity contribution >= 4 is 21.1 Å². The molecule has 29 heavy (non-hydrogen) atoms. The van der Waals surface area contributed by atoms with Gasteiger partial charge in [-0.25, -0.2) is 13.1 Å². The molecule has 0 fully saturated rings. The fraction of sp³-hybridized carbons (Fsp3) is 0.150. The monoisotopic (exact) mass is 409 g/mol. The summed E-state index contributed by atoms with van der Waals surface area (Å²) in [6.45, 7) is 1.88. The molecule has 0 bridgehead atoms. The summed E-state index contributed by atoms with van der Waals surface area (Å²) in [4.78, 5) is 5.56. The molecule has 1 N–H and O–H groups in total. The summed E-state index contributed by atoms with van der Waals surface area (Å²) in [6, 6.07) is 16.1. The van der Waals surface area contributed by atoms with Gasteiger partial charge in [-0.05, 0) is 48.9 Å². The first kappa shape index (κ1) is 19.0. The maximum absolute atomic E-state index is 13.0. The van der Waals surface area contributed by atoms with Crippen molar-refractivity contribution < 1.29 is 13.2 Å². The van der Waals surface area contributed by atoms with E-state index in [0.717, 1.165) is 5.56 Å². The van der Waals surface area contributed by atoms with Gasteiger partial charge in [-0.2, -0.15) is 0 Å². The van der Waals surface area contributed by atoms with Crippen LogP contribution in [-0.2, 0) is 16.6 Å². The van der Waals surface area contributed by atoms with Crippen LogP contribution in [0.2, 0.25) is 0 Å². The molecule has 0 aliphatic carbocycles. The second-order valence-corrected chi connectivity index (χ2v) is 8.17. The van der Waals surface area contributed by atoms with Gasteiger partial charge < -0.3 is 4.74 Å². The van der Waals surface area contributed by atoms with E-state index in [4.69, 9.17) is 4.74 Å². The highest BCUT2D eigenvalue weighted by molar-refractivity contribution is 7.89. The fourth-order valence-electron chi connectivity index (χ4n) is 2.99. The minimum absolute atomic E-state index is 0.0206. The smallest absolute Gasteiger partial charge is 0.244 e. The largest absolute Gasteiger partial charge is 0.493 e. The molecule has 148 valence electrons. The number of ether oxygens (including phenoxy) is 1. The van der Waals surface area contributed by atoms with Gasteiger partial charge in [-0.1, -0.05) is 18.2 Å². The number of hydrogen-bond donors (Lipinski definition) is 1. The predicted molar refractivity (Wildman–Crippen MR) is 108 cm³/mol. The standard InChI is InChI=1S/C20H19N5O3S/c1-14-11-18(25-23-16-8-3-4-9-17(16)24-25)20(28-2)19(12-14)29(26,27)22-13-15-7-5-6-10-21-15/h3-12,22H,13H2,1-2H3. The highest BCUT2D eigenvalue weighted by Crippen LogP contribution is 2.32. The van der Waals surface area contributed by atoms with Crippen LogP contribution in [0.3, 0.4) is 0 Å². The summed E-state index contributed by atoms with van der Waals surface area (Å²) in [7, 11) is -2.44. The third-order valence-electron chi connectivity index (χ3n) is 4.34. The molecule has 0 radical (unpaired) electrons. The third-order valence-corrected chi connectivity index (χ3v) is 5.75. The minimum atomic E-state index is -3.87. The maximum Gasteiger partial charge on any atom is 0.244 e. The Labute approximate surface area is 168 Å². The number of benzene rings is 2. The lowest BCUT2D eigenvalue weighted by atomic mass is 10.2. The molecule has 0 saturated carbocycles. The number of hydrogen-bond acceptors (Lipinski definition) is 6. The van der Waals surface area contributed by atoms with E-state index in [-0.39, 0.29) is 17.2 Å². The number of nitrogens with zero attached hydrogens (tertiary/aromatic N) is 4. The van der Waals surface area contributed by atoms with Crippen LogP contribution in [0.5, 0.6) is 5.75 Å². The molecule has 4 aromatic rings. The molecule has 0 aliphatic heterocycles. The Hall–Kier alpha value is -3.30. The van der Waals surface area contributed by atoms with E-state index in [0.29, 0.717) is 22.4 Å². The summed E-state index contributed by atoms with van der Waals surface area (Å²) < 4.78 is 34.1. The van der Waals surface area contributed by atoms with Gasteiger partial charge >= 0.3 is 0 Å². The normalized spacial score (nSPS) is 11.7. The Kier molecular flexibility index (Phi) is 4.99. The molecule has 0 unspecified atom stereocenters. The first-order valence-corrected chi connectivity index (χ1v) is 10.4. The summed E-state index contributed by atoms with van der Waals surface area (Å²) in [5, 5.41) is 8.90. The molecule has 2 aromatic heterocycles. The first-order chi connectivity index (χ1) is 14.0. The zero-order valence-electron chi connectivity index (χ0n) is 15.9. The van der Waals surface area contributed by atoms with Gasteiger partial charge in [-0.15, -0.1) is 15.0 Å². The second-order valence-electron chi connectivity index (χ2n) is 6.44. The summed E-state index contributed by atoms with van der Waals surface area (Å²) in [5.74, 6) is 0.171. The molecule has 0 aliphatic rings. The van der Waals surface area contributed by atoms with Crippen molar-refractivity contribution in [2.75, 3.05) is 7.11 Å². The number of rotatable bonds is 6. The molecule has 0 atom stereocenters. The lowest BCUT2D eigenvalue weighted by molar-refractivity contribution is 0.397. The summed E-state index contributed by atoms with van der Waals surface area (Å²) >= 11 is 0. The van der Waals surface area contributed by atoms with E-state index in [1.165, 1.54) is 11.9 Å². The van der Waals surface area contributed by atoms with Gasteiger partial charge in [0.05, 0.1) is 19.3 Å². The van der Waals surface area contributed by atoms with E-state index >= 15 is 0 Å². The highest BCUT2D eigenvalue weighted by atomic mass is 32.2. The van der Waals surface area contributed by atoms with E-state index < -0.39 is 10.0 Å². The average molecular weight is 409 g/mol. The van der Waals surface area contributed by atoms with Crippen molar-refractivity contribution in [3.05, 3.63) is 72.1 Å². The van der Waals surface area contributed by atoms with Gasteiger partial charge in [0, 0.05) is 6.20 Å². The van der Waals surface area contributed by atoms with Crippen LogP contribution in [-0.4, -0.2) is 35.5 Å². The van der Waals surface area contributed by atoms with E-state index in [2.05, 4.69) is 19.9 Å². The number of nitrogens with one attached hydrogen (secondary N) is 1. The van der Waals surface area contributed by atoms with Gasteiger partial charge in [0.1, 0.15) is 21.6 Å². The quantitative estimate of drug-likeness (QED) is 0.526. The Bertz CT molecular complexity index is 1240. The zero-order valence-corrected chi connectivity index (χ0v) is 16.7. The van der Waals surface area contributed by atoms with Crippen LogP contribution in [0.1, 0.15) is 11.3 Å². The second kappa shape index (κ2) is 7.61. The van der Waals surface area contributed by atoms with E-state index in [1.54, 1.807) is 36.5 Å². The Morgan fingerprint density at radius 2 is 1.72 bits per heavy atom. The SMILES string of the molecule is COc1c(-n2nc3ccccc3n2)cc(C)cc1S(=O)(=O)NCc1ccccn1. The van der Waals surface area contributed by atoms with Crippen LogP contribution in [0.25, 0.3) is 16.7 Å². The molecular weight excluding hydrogens is 390 g/mol. The number of pyridine rings is 1. The number of sulfonamides is 1. The zero-order chi connectivity index (χ0) is 20.4. The van der Waals surface area contributed by atoms with Crippen LogP contribution >= 0.6 is 0 Å². The number of methoxy groups -OCH3 is 1. The topological polar surface area (TPSA) is 99.0 Å². The van der Waals surface area contributed by atoms with Crippen molar-refractivity contribution in [3.63, 3.8) is 0 Å². The van der Waals surface area contributed by atoms with Gasteiger partial charge in [0.15, 0.2) is 5.75 Å². The lowest BCUT2D eigenvalue weighted by Gasteiger charge is -2.15. The van der Waals surface area contributed by atoms with Gasteiger partial charge in [0.25, 0.3) is 0 Å². The van der Waals surface area contributed by atoms with Gasteiger partial charge in [-0.3, -0.25) is 4.98 Å². The molecule has 0 amide bonds. The molecule has 0 spiro atoms. The fourth-order valence-corrected chi connectivity index (χ4v) is 4.26. The molecule has 2 aromatic carbocycles. The van der Waals surface area contributed by atoms with Crippen LogP contribution in [0.15, 0.2) is 65.7 Å². The van der Waals surface area contributed by atoms with Crippen LogP contribution in [0.4, 0.5) is 0 Å². The van der Waals surface area contributed by atoms with Crippen molar-refractivity contribution in [1.82, 2.24) is 24.7 Å². The molecule has 4 rings (SSSR count). The Morgan fingerprint density at radius 3 is 2.34 bits per heavy atom. The van der Waals surface area contributed by atoms with Crippen molar-refractivity contribution in [1.29, 1.82) is 0 Å². The molecule has 0 saturated heterocycles. The van der Waals surface area contributed by atoms with Gasteiger partial charge in [0.2, 0.25) is 10.0 Å². The molecule has 9 heteroatoms. The van der Waals surface area contributed by atoms with Crippen LogP contribution in [0, 0.1) is 6.92 Å². The Balaban J connectivity index is 1.77. The van der Waals surface area contributed by atoms with E-state index in [1.807, 2.05) is 31.2 Å².